The Bertz CT molecular complexity index is 451. The summed E-state index contributed by atoms with van der Waals surface area (Å²) in [6.45, 7) is 5.79. The molecule has 0 saturated carbocycles. The minimum absolute atomic E-state index is 0.145. The summed E-state index contributed by atoms with van der Waals surface area (Å²) < 4.78 is 4.87. The van der Waals surface area contributed by atoms with E-state index in [0.29, 0.717) is 0 Å². The van der Waals surface area contributed by atoms with Gasteiger partial charge in [-0.1, -0.05) is 0 Å². The van der Waals surface area contributed by atoms with Crippen molar-refractivity contribution in [1.82, 2.24) is 4.90 Å². The minimum Gasteiger partial charge on any atom is -0.453 e. The molecular weight excluding hydrogens is 272 g/mol. The molecule has 110 valence electrons. The molecule has 1 aliphatic rings. The van der Waals surface area contributed by atoms with Crippen molar-refractivity contribution in [3.63, 3.8) is 0 Å². The zero-order chi connectivity index (χ0) is 14.7. The predicted molar refractivity (Wildman–Crippen MR) is 83.6 cm³/mol. The van der Waals surface area contributed by atoms with E-state index >= 15 is 0 Å². The van der Waals surface area contributed by atoms with Gasteiger partial charge in [0.2, 0.25) is 0 Å². The van der Waals surface area contributed by atoms with E-state index in [0.717, 1.165) is 13.1 Å². The number of ether oxygens (including phenoxy) is 1. The van der Waals surface area contributed by atoms with Crippen LogP contribution in [0, 0.1) is 0 Å². The SMILES string of the molecule is COC(=O)N1[C@H](C)CN(c2ccc(SC)cc2)C[C@@H]1C. The number of anilines is 1. The van der Waals surface area contributed by atoms with Crippen molar-refractivity contribution >= 4 is 23.5 Å². The van der Waals surface area contributed by atoms with E-state index in [-0.39, 0.29) is 18.2 Å². The summed E-state index contributed by atoms with van der Waals surface area (Å²) in [6, 6.07) is 8.88. The molecule has 20 heavy (non-hydrogen) atoms. The van der Waals surface area contributed by atoms with Crippen molar-refractivity contribution in [1.29, 1.82) is 0 Å². The minimum atomic E-state index is -0.234. The maximum Gasteiger partial charge on any atom is 0.410 e. The van der Waals surface area contributed by atoms with Gasteiger partial charge in [-0.2, -0.15) is 0 Å². The number of rotatable bonds is 2. The van der Waals surface area contributed by atoms with Crippen LogP contribution in [0.25, 0.3) is 0 Å². The molecule has 0 bridgehead atoms. The van der Waals surface area contributed by atoms with Gasteiger partial charge in [-0.25, -0.2) is 4.79 Å². The number of carbonyl (C=O) groups excluding carboxylic acids is 1. The third kappa shape index (κ3) is 3.03. The van der Waals surface area contributed by atoms with Gasteiger partial charge in [0.1, 0.15) is 0 Å². The number of thioether (sulfide) groups is 1. The molecule has 2 rings (SSSR count). The quantitative estimate of drug-likeness (QED) is 0.785. The summed E-state index contributed by atoms with van der Waals surface area (Å²) in [7, 11) is 1.44. The van der Waals surface area contributed by atoms with Crippen LogP contribution in [0.2, 0.25) is 0 Å². The molecule has 0 N–H and O–H groups in total. The van der Waals surface area contributed by atoms with Crippen LogP contribution in [0.3, 0.4) is 0 Å². The standard InChI is InChI=1S/C15H22N2O2S/c1-11-9-16(10-12(2)17(11)15(18)19-3)13-5-7-14(20-4)8-6-13/h5-8,11-12H,9-10H2,1-4H3/t11-,12+. The van der Waals surface area contributed by atoms with Crippen LogP contribution in [0.1, 0.15) is 13.8 Å². The summed E-state index contributed by atoms with van der Waals surface area (Å²) in [5, 5.41) is 0. The molecule has 1 aromatic carbocycles. The van der Waals surface area contributed by atoms with Crippen LogP contribution in [0.5, 0.6) is 0 Å². The zero-order valence-corrected chi connectivity index (χ0v) is 13.3. The molecule has 1 aromatic rings. The fraction of sp³-hybridized carbons (Fsp3) is 0.533. The van der Waals surface area contributed by atoms with Crippen molar-refractivity contribution in [3.8, 4) is 0 Å². The van der Waals surface area contributed by atoms with Crippen molar-refractivity contribution in [2.75, 3.05) is 31.4 Å². The summed E-state index contributed by atoms with van der Waals surface area (Å²) in [5.41, 5.74) is 1.21. The third-order valence-electron chi connectivity index (χ3n) is 3.74. The van der Waals surface area contributed by atoms with E-state index < -0.39 is 0 Å². The molecule has 1 fully saturated rings. The molecule has 4 nitrogen and oxygen atoms in total. The molecule has 0 unspecified atom stereocenters. The smallest absolute Gasteiger partial charge is 0.410 e. The monoisotopic (exact) mass is 294 g/mol. The average Bonchev–Trinajstić information content (AvgIpc) is 2.46. The van der Waals surface area contributed by atoms with Crippen LogP contribution in [0.4, 0.5) is 10.5 Å². The molecule has 0 aliphatic carbocycles. The van der Waals surface area contributed by atoms with E-state index in [1.54, 1.807) is 11.8 Å². The van der Waals surface area contributed by atoms with Crippen LogP contribution in [-0.2, 0) is 4.74 Å². The van der Waals surface area contributed by atoms with Gasteiger partial charge in [0.15, 0.2) is 0 Å². The average molecular weight is 294 g/mol. The first-order chi connectivity index (χ1) is 9.56. The number of hydrogen-bond donors (Lipinski definition) is 0. The Morgan fingerprint density at radius 2 is 1.75 bits per heavy atom. The van der Waals surface area contributed by atoms with E-state index in [4.69, 9.17) is 4.74 Å². The van der Waals surface area contributed by atoms with E-state index in [1.807, 2.05) is 4.90 Å². The van der Waals surface area contributed by atoms with Gasteiger partial charge in [0.25, 0.3) is 0 Å². The predicted octanol–water partition coefficient (Wildman–Crippen LogP) is 3.07. The number of hydrogen-bond acceptors (Lipinski definition) is 4. The fourth-order valence-corrected chi connectivity index (χ4v) is 3.20. The highest BCUT2D eigenvalue weighted by molar-refractivity contribution is 7.98. The Balaban J connectivity index is 2.11. The third-order valence-corrected chi connectivity index (χ3v) is 4.49. The lowest BCUT2D eigenvalue weighted by Crippen LogP contribution is -2.58. The second-order valence-electron chi connectivity index (χ2n) is 5.18. The van der Waals surface area contributed by atoms with Gasteiger partial charge >= 0.3 is 6.09 Å². The first-order valence-corrected chi connectivity index (χ1v) is 8.04. The Morgan fingerprint density at radius 3 is 2.20 bits per heavy atom. The molecule has 0 aromatic heterocycles. The number of nitrogens with zero attached hydrogens (tertiary/aromatic N) is 2. The molecule has 1 aliphatic heterocycles. The molecule has 5 heteroatoms. The maximum atomic E-state index is 11.8. The summed E-state index contributed by atoms with van der Waals surface area (Å²) >= 11 is 1.74. The highest BCUT2D eigenvalue weighted by Crippen LogP contribution is 2.25. The summed E-state index contributed by atoms with van der Waals surface area (Å²) in [6.07, 6.45) is 1.84. The van der Waals surface area contributed by atoms with Crippen LogP contribution < -0.4 is 4.90 Å². The largest absolute Gasteiger partial charge is 0.453 e. The Labute approximate surface area is 125 Å². The van der Waals surface area contributed by atoms with Crippen molar-refractivity contribution < 1.29 is 9.53 Å². The van der Waals surface area contributed by atoms with Gasteiger partial charge < -0.3 is 9.64 Å². The molecular formula is C15H22N2O2S. The number of amides is 1. The van der Waals surface area contributed by atoms with Gasteiger partial charge in [-0.3, -0.25) is 4.90 Å². The number of methoxy groups -OCH3 is 1. The second kappa shape index (κ2) is 6.39. The van der Waals surface area contributed by atoms with Gasteiger partial charge in [0.05, 0.1) is 19.2 Å². The Kier molecular flexibility index (Phi) is 4.81. The van der Waals surface area contributed by atoms with Crippen molar-refractivity contribution in [2.24, 2.45) is 0 Å². The lowest BCUT2D eigenvalue weighted by Gasteiger charge is -2.44. The topological polar surface area (TPSA) is 32.8 Å². The maximum absolute atomic E-state index is 11.8. The highest BCUT2D eigenvalue weighted by Gasteiger charge is 2.33. The van der Waals surface area contributed by atoms with Crippen molar-refractivity contribution in [3.05, 3.63) is 24.3 Å². The normalized spacial score (nSPS) is 22.8. The van der Waals surface area contributed by atoms with Crippen LogP contribution >= 0.6 is 11.8 Å². The molecule has 1 saturated heterocycles. The first kappa shape index (κ1) is 15.0. The molecule has 0 spiro atoms. The lowest BCUT2D eigenvalue weighted by atomic mass is 10.1. The van der Waals surface area contributed by atoms with E-state index in [2.05, 4.69) is 49.3 Å². The van der Waals surface area contributed by atoms with E-state index in [1.165, 1.54) is 17.7 Å². The first-order valence-electron chi connectivity index (χ1n) is 6.82. The van der Waals surface area contributed by atoms with Gasteiger partial charge in [0, 0.05) is 23.7 Å². The van der Waals surface area contributed by atoms with Gasteiger partial charge in [-0.15, -0.1) is 11.8 Å². The number of carbonyl (C=O) groups is 1. The number of benzene rings is 1. The molecule has 1 amide bonds. The fourth-order valence-electron chi connectivity index (χ4n) is 2.79. The molecule has 1 heterocycles. The summed E-state index contributed by atoms with van der Waals surface area (Å²) in [5.74, 6) is 0. The van der Waals surface area contributed by atoms with Crippen LogP contribution in [-0.4, -0.2) is 49.5 Å². The molecule has 2 atom stereocenters. The summed E-state index contributed by atoms with van der Waals surface area (Å²) in [4.78, 5) is 17.2. The zero-order valence-electron chi connectivity index (χ0n) is 12.5. The second-order valence-corrected chi connectivity index (χ2v) is 6.06. The number of piperazine rings is 1. The Hall–Kier alpha value is -1.36. The van der Waals surface area contributed by atoms with Crippen LogP contribution in [0.15, 0.2) is 29.2 Å². The van der Waals surface area contributed by atoms with Crippen molar-refractivity contribution in [2.45, 2.75) is 30.8 Å². The highest BCUT2D eigenvalue weighted by atomic mass is 32.2. The Morgan fingerprint density at radius 1 is 1.20 bits per heavy atom. The molecule has 0 radical (unpaired) electrons. The lowest BCUT2D eigenvalue weighted by molar-refractivity contribution is 0.0820. The van der Waals surface area contributed by atoms with E-state index in [9.17, 15) is 4.79 Å². The van der Waals surface area contributed by atoms with Gasteiger partial charge in [-0.05, 0) is 44.4 Å².